The molecule has 0 spiro atoms. The number of thiazole rings is 1. The Hall–Kier alpha value is -1.26. The number of aromatic nitrogens is 1. The number of aryl methyl sites for hydroxylation is 1. The van der Waals surface area contributed by atoms with E-state index < -0.39 is 0 Å². The minimum atomic E-state index is 0.427. The zero-order valence-electron chi connectivity index (χ0n) is 8.74. The van der Waals surface area contributed by atoms with Gasteiger partial charge in [0.15, 0.2) is 5.13 Å². The summed E-state index contributed by atoms with van der Waals surface area (Å²) < 4.78 is 5.62. The number of nitrogens with zero attached hydrogens (tertiary/aromatic N) is 1. The van der Waals surface area contributed by atoms with Gasteiger partial charge in [0.25, 0.3) is 0 Å². The molecule has 0 atom stereocenters. The standard InChI is InChI=1S/C11H11ClN2OS/c1-7-4-8(12)2-3-10(7)15-5-9-6-16-11(13)14-9/h2-4,6H,5H2,1H3,(H2,13,14). The van der Waals surface area contributed by atoms with E-state index in [1.165, 1.54) is 11.3 Å². The van der Waals surface area contributed by atoms with Crippen LogP contribution < -0.4 is 10.5 Å². The summed E-state index contributed by atoms with van der Waals surface area (Å²) in [4.78, 5) is 4.12. The van der Waals surface area contributed by atoms with Crippen LogP contribution in [-0.4, -0.2) is 4.98 Å². The van der Waals surface area contributed by atoms with Crippen molar-refractivity contribution in [2.45, 2.75) is 13.5 Å². The third kappa shape index (κ3) is 2.65. The summed E-state index contributed by atoms with van der Waals surface area (Å²) in [6.45, 7) is 2.38. The molecule has 2 rings (SSSR count). The summed E-state index contributed by atoms with van der Waals surface area (Å²) in [7, 11) is 0. The average Bonchev–Trinajstić information content (AvgIpc) is 2.63. The van der Waals surface area contributed by atoms with Crippen LogP contribution in [0, 0.1) is 6.92 Å². The molecule has 1 aromatic heterocycles. The highest BCUT2D eigenvalue weighted by molar-refractivity contribution is 7.13. The lowest BCUT2D eigenvalue weighted by Crippen LogP contribution is -1.97. The summed E-state index contributed by atoms with van der Waals surface area (Å²) in [6, 6.07) is 5.53. The van der Waals surface area contributed by atoms with Gasteiger partial charge in [-0.15, -0.1) is 11.3 Å². The Morgan fingerprint density at radius 1 is 1.50 bits per heavy atom. The van der Waals surface area contributed by atoms with Crippen molar-refractivity contribution in [3.05, 3.63) is 39.9 Å². The first-order valence-corrected chi connectivity index (χ1v) is 6.00. The number of halogens is 1. The first-order chi connectivity index (χ1) is 7.65. The Morgan fingerprint density at radius 2 is 2.31 bits per heavy atom. The molecule has 0 amide bonds. The van der Waals surface area contributed by atoms with Gasteiger partial charge in [-0.3, -0.25) is 0 Å². The van der Waals surface area contributed by atoms with Crippen LogP contribution in [0.3, 0.4) is 0 Å². The van der Waals surface area contributed by atoms with Crippen molar-refractivity contribution in [2.75, 3.05) is 5.73 Å². The molecule has 2 N–H and O–H groups in total. The van der Waals surface area contributed by atoms with Gasteiger partial charge in [0.2, 0.25) is 0 Å². The molecule has 0 saturated heterocycles. The van der Waals surface area contributed by atoms with Gasteiger partial charge < -0.3 is 10.5 Å². The molecule has 0 fully saturated rings. The zero-order chi connectivity index (χ0) is 11.5. The number of hydrogen-bond donors (Lipinski definition) is 1. The zero-order valence-corrected chi connectivity index (χ0v) is 10.3. The highest BCUT2D eigenvalue weighted by atomic mass is 35.5. The second-order valence-electron chi connectivity index (χ2n) is 3.38. The summed E-state index contributed by atoms with van der Waals surface area (Å²) in [5, 5.41) is 3.16. The molecule has 1 heterocycles. The maximum atomic E-state index is 5.85. The lowest BCUT2D eigenvalue weighted by molar-refractivity contribution is 0.300. The van der Waals surface area contributed by atoms with E-state index in [1.807, 2.05) is 24.4 Å². The number of nitrogens with two attached hydrogens (primary N) is 1. The van der Waals surface area contributed by atoms with Gasteiger partial charge in [0.1, 0.15) is 12.4 Å². The van der Waals surface area contributed by atoms with Crippen LogP contribution in [0.5, 0.6) is 5.75 Å². The average molecular weight is 255 g/mol. The number of anilines is 1. The first-order valence-electron chi connectivity index (χ1n) is 4.74. The van der Waals surface area contributed by atoms with Gasteiger partial charge in [0.05, 0.1) is 5.69 Å². The van der Waals surface area contributed by atoms with E-state index >= 15 is 0 Å². The number of benzene rings is 1. The minimum Gasteiger partial charge on any atom is -0.487 e. The van der Waals surface area contributed by atoms with E-state index in [9.17, 15) is 0 Å². The van der Waals surface area contributed by atoms with Crippen LogP contribution in [0.2, 0.25) is 5.02 Å². The van der Waals surface area contributed by atoms with Crippen molar-refractivity contribution in [3.8, 4) is 5.75 Å². The third-order valence-corrected chi connectivity index (χ3v) is 3.04. The van der Waals surface area contributed by atoms with Crippen molar-refractivity contribution in [2.24, 2.45) is 0 Å². The van der Waals surface area contributed by atoms with E-state index in [1.54, 1.807) is 6.07 Å². The van der Waals surface area contributed by atoms with Gasteiger partial charge in [-0.25, -0.2) is 4.98 Å². The Kier molecular flexibility index (Phi) is 3.31. The molecule has 1 aromatic carbocycles. The molecular formula is C11H11ClN2OS. The van der Waals surface area contributed by atoms with Crippen molar-refractivity contribution in [1.29, 1.82) is 0 Å². The Morgan fingerprint density at radius 3 is 2.94 bits per heavy atom. The maximum Gasteiger partial charge on any atom is 0.180 e. The predicted octanol–water partition coefficient (Wildman–Crippen LogP) is 3.27. The van der Waals surface area contributed by atoms with Crippen molar-refractivity contribution in [1.82, 2.24) is 4.98 Å². The lowest BCUT2D eigenvalue weighted by atomic mass is 10.2. The summed E-state index contributed by atoms with van der Waals surface area (Å²) in [5.74, 6) is 0.816. The van der Waals surface area contributed by atoms with E-state index in [4.69, 9.17) is 22.1 Å². The molecule has 5 heteroatoms. The van der Waals surface area contributed by atoms with Gasteiger partial charge in [-0.05, 0) is 30.7 Å². The molecule has 3 nitrogen and oxygen atoms in total. The van der Waals surface area contributed by atoms with Crippen LogP contribution in [-0.2, 0) is 6.61 Å². The SMILES string of the molecule is Cc1cc(Cl)ccc1OCc1csc(N)n1. The summed E-state index contributed by atoms with van der Waals surface area (Å²) in [6.07, 6.45) is 0. The van der Waals surface area contributed by atoms with E-state index in [2.05, 4.69) is 4.98 Å². The number of ether oxygens (including phenoxy) is 1. The molecule has 0 radical (unpaired) electrons. The van der Waals surface area contributed by atoms with Gasteiger partial charge in [-0.1, -0.05) is 11.6 Å². The van der Waals surface area contributed by atoms with Crippen LogP contribution >= 0.6 is 22.9 Å². The monoisotopic (exact) mass is 254 g/mol. The van der Waals surface area contributed by atoms with Gasteiger partial charge >= 0.3 is 0 Å². The second-order valence-corrected chi connectivity index (χ2v) is 4.70. The molecule has 0 aliphatic heterocycles. The molecule has 0 bridgehead atoms. The third-order valence-electron chi connectivity index (χ3n) is 2.08. The largest absolute Gasteiger partial charge is 0.487 e. The topological polar surface area (TPSA) is 48.1 Å². The fraction of sp³-hybridized carbons (Fsp3) is 0.182. The Labute approximate surface area is 103 Å². The highest BCUT2D eigenvalue weighted by Gasteiger charge is 2.03. The number of rotatable bonds is 3. The van der Waals surface area contributed by atoms with Crippen LogP contribution in [0.4, 0.5) is 5.13 Å². The summed E-state index contributed by atoms with van der Waals surface area (Å²) >= 11 is 7.27. The number of nitrogen functional groups attached to an aromatic ring is 1. The van der Waals surface area contributed by atoms with Crippen LogP contribution in [0.25, 0.3) is 0 Å². The molecule has 16 heavy (non-hydrogen) atoms. The quantitative estimate of drug-likeness (QED) is 0.915. The minimum absolute atomic E-state index is 0.427. The molecule has 0 unspecified atom stereocenters. The Balaban J connectivity index is 2.04. The maximum absolute atomic E-state index is 5.85. The Bertz CT molecular complexity index is 498. The molecule has 0 aliphatic carbocycles. The van der Waals surface area contributed by atoms with Gasteiger partial charge in [0, 0.05) is 10.4 Å². The summed E-state index contributed by atoms with van der Waals surface area (Å²) in [5.41, 5.74) is 7.39. The van der Waals surface area contributed by atoms with Gasteiger partial charge in [-0.2, -0.15) is 0 Å². The molecule has 0 saturated carbocycles. The predicted molar refractivity (Wildman–Crippen MR) is 67.0 cm³/mol. The first kappa shape index (κ1) is 11.2. The lowest BCUT2D eigenvalue weighted by Gasteiger charge is -2.07. The molecule has 2 aromatic rings. The molecule has 0 aliphatic rings. The van der Waals surface area contributed by atoms with E-state index in [-0.39, 0.29) is 0 Å². The van der Waals surface area contributed by atoms with E-state index in [0.29, 0.717) is 16.8 Å². The van der Waals surface area contributed by atoms with Crippen molar-refractivity contribution >= 4 is 28.1 Å². The molecular weight excluding hydrogens is 244 g/mol. The van der Waals surface area contributed by atoms with Crippen LogP contribution in [0.15, 0.2) is 23.6 Å². The smallest absolute Gasteiger partial charge is 0.180 e. The van der Waals surface area contributed by atoms with Crippen molar-refractivity contribution in [3.63, 3.8) is 0 Å². The second kappa shape index (κ2) is 4.72. The van der Waals surface area contributed by atoms with Crippen LogP contribution in [0.1, 0.15) is 11.3 Å². The number of hydrogen-bond acceptors (Lipinski definition) is 4. The molecule has 84 valence electrons. The fourth-order valence-corrected chi connectivity index (χ4v) is 2.09. The van der Waals surface area contributed by atoms with Crippen molar-refractivity contribution < 1.29 is 4.74 Å². The normalized spacial score (nSPS) is 10.4. The highest BCUT2D eigenvalue weighted by Crippen LogP contribution is 2.23. The van der Waals surface area contributed by atoms with E-state index in [0.717, 1.165) is 17.0 Å². The fourth-order valence-electron chi connectivity index (χ4n) is 1.32.